The van der Waals surface area contributed by atoms with E-state index in [-0.39, 0.29) is 11.9 Å². The Labute approximate surface area is 152 Å². The molecule has 1 saturated heterocycles. The predicted octanol–water partition coefficient (Wildman–Crippen LogP) is 1.98. The number of hydrogen-bond donors (Lipinski definition) is 1. The molecule has 3 rings (SSSR count). The van der Waals surface area contributed by atoms with Gasteiger partial charge < -0.3 is 15.0 Å². The molecule has 0 saturated carbocycles. The monoisotopic (exact) mass is 360 g/mol. The summed E-state index contributed by atoms with van der Waals surface area (Å²) in [7, 11) is 1.64. The van der Waals surface area contributed by atoms with Gasteiger partial charge in [-0.05, 0) is 13.0 Å². The highest BCUT2D eigenvalue weighted by Gasteiger charge is 2.26. The highest BCUT2D eigenvalue weighted by atomic mass is 32.1. The molecule has 2 aromatic rings. The van der Waals surface area contributed by atoms with E-state index in [1.807, 2.05) is 42.8 Å². The number of nitrogens with zero attached hydrogens (tertiary/aromatic N) is 3. The fourth-order valence-corrected chi connectivity index (χ4v) is 3.71. The van der Waals surface area contributed by atoms with Crippen molar-refractivity contribution < 1.29 is 9.53 Å². The fraction of sp³-hybridized carbons (Fsp3) is 0.444. The minimum Gasteiger partial charge on any atom is -0.496 e. The number of thiazole rings is 1. The van der Waals surface area contributed by atoms with Gasteiger partial charge in [-0.3, -0.25) is 9.69 Å². The van der Waals surface area contributed by atoms with Crippen molar-refractivity contribution in [2.75, 3.05) is 38.2 Å². The van der Waals surface area contributed by atoms with E-state index in [0.29, 0.717) is 6.54 Å². The Morgan fingerprint density at radius 1 is 1.32 bits per heavy atom. The molecule has 0 radical (unpaired) electrons. The maximum atomic E-state index is 12.5. The number of para-hydroxylation sites is 1. The largest absolute Gasteiger partial charge is 0.496 e. The predicted molar refractivity (Wildman–Crippen MR) is 100 cm³/mol. The summed E-state index contributed by atoms with van der Waals surface area (Å²) in [5, 5.41) is 6.08. The van der Waals surface area contributed by atoms with Crippen molar-refractivity contribution in [3.8, 4) is 5.75 Å². The average molecular weight is 360 g/mol. The van der Waals surface area contributed by atoms with Crippen molar-refractivity contribution >= 4 is 22.4 Å². The lowest BCUT2D eigenvalue weighted by molar-refractivity contribution is -0.126. The molecule has 1 amide bonds. The zero-order chi connectivity index (χ0) is 17.6. The van der Waals surface area contributed by atoms with Crippen molar-refractivity contribution in [1.29, 1.82) is 0 Å². The van der Waals surface area contributed by atoms with Crippen LogP contribution in [0.3, 0.4) is 0 Å². The van der Waals surface area contributed by atoms with Crippen molar-refractivity contribution in [3.63, 3.8) is 0 Å². The minimum absolute atomic E-state index is 0.0496. The number of rotatable bonds is 6. The first kappa shape index (κ1) is 17.7. The van der Waals surface area contributed by atoms with E-state index < -0.39 is 0 Å². The van der Waals surface area contributed by atoms with Crippen molar-refractivity contribution in [1.82, 2.24) is 15.2 Å². The number of nitrogens with one attached hydrogen (secondary N) is 1. The maximum absolute atomic E-state index is 12.5. The van der Waals surface area contributed by atoms with E-state index >= 15 is 0 Å². The second-order valence-electron chi connectivity index (χ2n) is 6.04. The smallest absolute Gasteiger partial charge is 0.237 e. The third kappa shape index (κ3) is 4.29. The van der Waals surface area contributed by atoms with Crippen LogP contribution in [-0.2, 0) is 11.3 Å². The molecule has 0 spiro atoms. The summed E-state index contributed by atoms with van der Waals surface area (Å²) in [6.07, 6.45) is 1.83. The number of piperazine rings is 1. The van der Waals surface area contributed by atoms with Crippen molar-refractivity contribution in [2.24, 2.45) is 0 Å². The lowest BCUT2D eigenvalue weighted by atomic mass is 10.2. The number of hydrogen-bond acceptors (Lipinski definition) is 6. The van der Waals surface area contributed by atoms with E-state index in [1.165, 1.54) is 0 Å². The quantitative estimate of drug-likeness (QED) is 0.854. The molecule has 25 heavy (non-hydrogen) atoms. The summed E-state index contributed by atoms with van der Waals surface area (Å²) in [6, 6.07) is 7.60. The molecule has 1 aromatic carbocycles. The van der Waals surface area contributed by atoms with Gasteiger partial charge in [-0.15, -0.1) is 11.3 Å². The van der Waals surface area contributed by atoms with E-state index in [4.69, 9.17) is 4.74 Å². The fourth-order valence-electron chi connectivity index (χ4n) is 3.02. The third-order valence-electron chi connectivity index (χ3n) is 4.58. The molecule has 0 aliphatic carbocycles. The number of benzene rings is 1. The molecule has 1 aliphatic rings. The van der Waals surface area contributed by atoms with E-state index in [2.05, 4.69) is 20.1 Å². The summed E-state index contributed by atoms with van der Waals surface area (Å²) >= 11 is 1.66. The molecule has 0 bridgehead atoms. The van der Waals surface area contributed by atoms with Gasteiger partial charge >= 0.3 is 0 Å². The molecular formula is C18H24N4O2S. The normalized spacial score (nSPS) is 16.5. The van der Waals surface area contributed by atoms with Crippen LogP contribution >= 0.6 is 11.3 Å². The number of carbonyl (C=O) groups is 1. The summed E-state index contributed by atoms with van der Waals surface area (Å²) in [4.78, 5) is 21.4. The molecule has 134 valence electrons. The van der Waals surface area contributed by atoms with Gasteiger partial charge in [0.05, 0.1) is 13.2 Å². The van der Waals surface area contributed by atoms with E-state index in [1.54, 1.807) is 18.4 Å². The Morgan fingerprint density at radius 2 is 2.08 bits per heavy atom. The topological polar surface area (TPSA) is 57.7 Å². The molecule has 0 unspecified atom stereocenters. The summed E-state index contributed by atoms with van der Waals surface area (Å²) < 4.78 is 5.33. The molecule has 1 N–H and O–H groups in total. The van der Waals surface area contributed by atoms with Crippen LogP contribution in [0.2, 0.25) is 0 Å². The molecule has 6 nitrogen and oxygen atoms in total. The second kappa shape index (κ2) is 8.31. The Morgan fingerprint density at radius 3 is 2.76 bits per heavy atom. The lowest BCUT2D eigenvalue weighted by Crippen LogP contribution is -2.53. The van der Waals surface area contributed by atoms with Gasteiger partial charge in [-0.1, -0.05) is 18.2 Å². The summed E-state index contributed by atoms with van der Waals surface area (Å²) in [5.74, 6) is 0.848. The first-order valence-corrected chi connectivity index (χ1v) is 9.35. The van der Waals surface area contributed by atoms with E-state index in [0.717, 1.165) is 42.6 Å². The zero-order valence-electron chi connectivity index (χ0n) is 14.6. The number of methoxy groups -OCH3 is 1. The lowest BCUT2D eigenvalue weighted by Gasteiger charge is -2.37. The summed E-state index contributed by atoms with van der Waals surface area (Å²) in [5.41, 5.74) is 0.985. The van der Waals surface area contributed by atoms with Gasteiger partial charge in [0.2, 0.25) is 5.91 Å². The van der Waals surface area contributed by atoms with Gasteiger partial charge in [0.15, 0.2) is 5.13 Å². The number of amides is 1. The molecular weight excluding hydrogens is 336 g/mol. The number of anilines is 1. The zero-order valence-corrected chi connectivity index (χ0v) is 15.5. The number of ether oxygens (including phenoxy) is 1. The average Bonchev–Trinajstić information content (AvgIpc) is 3.20. The molecule has 7 heteroatoms. The second-order valence-corrected chi connectivity index (χ2v) is 6.92. The minimum atomic E-state index is -0.145. The molecule has 2 heterocycles. The standard InChI is InChI=1S/C18H24N4O2S/c1-14(17(23)20-13-15-5-3-4-6-16(15)24-2)21-8-10-22(11-9-21)18-19-7-12-25-18/h3-7,12,14H,8-11,13H2,1-2H3,(H,20,23)/t14-/m1/s1. The first-order chi connectivity index (χ1) is 12.2. The van der Waals surface area contributed by atoms with Crippen LogP contribution in [-0.4, -0.2) is 55.1 Å². The molecule has 1 aromatic heterocycles. The molecule has 1 atom stereocenters. The Balaban J connectivity index is 1.49. The highest BCUT2D eigenvalue weighted by molar-refractivity contribution is 7.13. The van der Waals surface area contributed by atoms with Crippen LogP contribution in [0.5, 0.6) is 5.75 Å². The van der Waals surface area contributed by atoms with E-state index in [9.17, 15) is 4.79 Å². The van der Waals surface area contributed by atoms with Gasteiger partial charge in [0.25, 0.3) is 0 Å². The van der Waals surface area contributed by atoms with Gasteiger partial charge in [-0.25, -0.2) is 4.98 Å². The molecule has 1 fully saturated rings. The van der Waals surface area contributed by atoms with Crippen molar-refractivity contribution in [3.05, 3.63) is 41.4 Å². The Bertz CT molecular complexity index is 684. The van der Waals surface area contributed by atoms with Crippen LogP contribution in [0, 0.1) is 0 Å². The Kier molecular flexibility index (Phi) is 5.88. The first-order valence-electron chi connectivity index (χ1n) is 8.47. The Hall–Kier alpha value is -2.12. The number of carbonyl (C=O) groups excluding carboxylic acids is 1. The van der Waals surface area contributed by atoms with Gasteiger partial charge in [0, 0.05) is 49.9 Å². The third-order valence-corrected chi connectivity index (χ3v) is 5.41. The molecule has 1 aliphatic heterocycles. The number of aromatic nitrogens is 1. The highest BCUT2D eigenvalue weighted by Crippen LogP contribution is 2.20. The van der Waals surface area contributed by atoms with Crippen LogP contribution in [0.15, 0.2) is 35.8 Å². The maximum Gasteiger partial charge on any atom is 0.237 e. The van der Waals surface area contributed by atoms with Crippen LogP contribution in [0.25, 0.3) is 0 Å². The van der Waals surface area contributed by atoms with Crippen LogP contribution < -0.4 is 15.0 Å². The van der Waals surface area contributed by atoms with Gasteiger partial charge in [-0.2, -0.15) is 0 Å². The van der Waals surface area contributed by atoms with Crippen molar-refractivity contribution in [2.45, 2.75) is 19.5 Å². The SMILES string of the molecule is COc1ccccc1CNC(=O)[C@@H](C)N1CCN(c2nccs2)CC1. The van der Waals surface area contributed by atoms with Crippen LogP contribution in [0.1, 0.15) is 12.5 Å². The van der Waals surface area contributed by atoms with Crippen LogP contribution in [0.4, 0.5) is 5.13 Å². The van der Waals surface area contributed by atoms with Gasteiger partial charge in [0.1, 0.15) is 5.75 Å². The summed E-state index contributed by atoms with van der Waals surface area (Å²) in [6.45, 7) is 5.98.